The lowest BCUT2D eigenvalue weighted by molar-refractivity contribution is -0.139. The lowest BCUT2D eigenvalue weighted by Gasteiger charge is -2.34. The molecule has 0 saturated carbocycles. The highest BCUT2D eigenvalue weighted by molar-refractivity contribution is 5.81. The maximum Gasteiger partial charge on any atom is 0.267 e. The molecule has 0 aliphatic carbocycles. The molecule has 1 amide bonds. The van der Waals surface area contributed by atoms with Crippen molar-refractivity contribution in [1.82, 2.24) is 14.7 Å². The van der Waals surface area contributed by atoms with Gasteiger partial charge >= 0.3 is 0 Å². The molecular weight excluding hydrogens is 378 g/mol. The van der Waals surface area contributed by atoms with Crippen molar-refractivity contribution in [2.24, 2.45) is 0 Å². The first kappa shape index (κ1) is 22.1. The van der Waals surface area contributed by atoms with Gasteiger partial charge in [-0.05, 0) is 56.9 Å². The molecule has 0 bridgehead atoms. The Morgan fingerprint density at radius 1 is 1.13 bits per heavy atom. The Balaban J connectivity index is 1.64. The molecule has 3 rings (SSSR count). The number of amides is 1. The van der Waals surface area contributed by atoms with Crippen LogP contribution in [0.5, 0.6) is 5.75 Å². The highest BCUT2D eigenvalue weighted by Crippen LogP contribution is 2.25. The first-order valence-electron chi connectivity index (χ1n) is 10.7. The van der Waals surface area contributed by atoms with E-state index < -0.39 is 6.10 Å². The first-order chi connectivity index (χ1) is 14.1. The van der Waals surface area contributed by atoms with E-state index in [0.29, 0.717) is 25.9 Å². The SMILES string of the molecule is Cc1ccc(C)c(OC(C)C(=O)N2CCC(n3nc(C(C)(C)C)ccc3=O)CC2)c1. The average Bonchev–Trinajstić information content (AvgIpc) is 2.70. The van der Waals surface area contributed by atoms with Crippen molar-refractivity contribution in [3.8, 4) is 5.75 Å². The molecule has 1 aromatic carbocycles. The van der Waals surface area contributed by atoms with Crippen LogP contribution >= 0.6 is 0 Å². The second-order valence-corrected chi connectivity index (χ2v) is 9.34. The molecule has 0 spiro atoms. The summed E-state index contributed by atoms with van der Waals surface area (Å²) in [6.07, 6.45) is 0.873. The minimum absolute atomic E-state index is 0.0130. The van der Waals surface area contributed by atoms with Gasteiger partial charge < -0.3 is 9.64 Å². The van der Waals surface area contributed by atoms with Crippen LogP contribution in [0.25, 0.3) is 0 Å². The standard InChI is InChI=1S/C24H33N3O3/c1-16-7-8-17(2)20(15-16)30-18(3)23(29)26-13-11-19(12-14-26)27-22(28)10-9-21(25-27)24(4,5)6/h7-10,15,18-19H,11-14H2,1-6H3. The molecule has 1 aliphatic heterocycles. The van der Waals surface area contributed by atoms with Gasteiger partial charge in [0.05, 0.1) is 11.7 Å². The molecule has 6 heteroatoms. The summed E-state index contributed by atoms with van der Waals surface area (Å²) in [6, 6.07) is 9.42. The minimum Gasteiger partial charge on any atom is -0.481 e. The average molecular weight is 412 g/mol. The summed E-state index contributed by atoms with van der Waals surface area (Å²) in [5, 5.41) is 4.62. The van der Waals surface area contributed by atoms with E-state index in [2.05, 4.69) is 25.9 Å². The van der Waals surface area contributed by atoms with Crippen LogP contribution in [-0.2, 0) is 10.2 Å². The molecule has 1 fully saturated rings. The Labute approximate surface area is 178 Å². The summed E-state index contributed by atoms with van der Waals surface area (Å²) in [7, 11) is 0. The topological polar surface area (TPSA) is 64.4 Å². The normalized spacial score (nSPS) is 16.4. The van der Waals surface area contributed by atoms with E-state index in [1.807, 2.05) is 43.0 Å². The van der Waals surface area contributed by atoms with Crippen molar-refractivity contribution in [2.45, 2.75) is 71.9 Å². The Morgan fingerprint density at radius 2 is 1.80 bits per heavy atom. The quantitative estimate of drug-likeness (QED) is 0.768. The van der Waals surface area contributed by atoms with E-state index in [0.717, 1.165) is 22.6 Å². The number of aryl methyl sites for hydroxylation is 2. The molecule has 2 aromatic rings. The molecule has 162 valence electrons. The molecule has 1 unspecified atom stereocenters. The third-order valence-electron chi connectivity index (χ3n) is 5.71. The highest BCUT2D eigenvalue weighted by Gasteiger charge is 2.29. The third-order valence-corrected chi connectivity index (χ3v) is 5.71. The predicted molar refractivity (Wildman–Crippen MR) is 118 cm³/mol. The Hall–Kier alpha value is -2.63. The van der Waals surface area contributed by atoms with E-state index in [1.165, 1.54) is 0 Å². The molecule has 1 aliphatic rings. The number of benzene rings is 1. The van der Waals surface area contributed by atoms with Gasteiger partial charge in [0.2, 0.25) is 0 Å². The minimum atomic E-state index is -0.549. The number of rotatable bonds is 4. The number of carbonyl (C=O) groups excluding carboxylic acids is 1. The van der Waals surface area contributed by atoms with Crippen LogP contribution in [0.1, 0.15) is 63.4 Å². The molecule has 30 heavy (non-hydrogen) atoms. The molecular formula is C24H33N3O3. The maximum atomic E-state index is 12.9. The number of likely N-dealkylation sites (tertiary alicyclic amines) is 1. The summed E-state index contributed by atoms with van der Waals surface area (Å²) >= 11 is 0. The first-order valence-corrected chi connectivity index (χ1v) is 10.7. The summed E-state index contributed by atoms with van der Waals surface area (Å²) in [4.78, 5) is 27.1. The highest BCUT2D eigenvalue weighted by atomic mass is 16.5. The smallest absolute Gasteiger partial charge is 0.267 e. The number of ether oxygens (including phenoxy) is 1. The van der Waals surface area contributed by atoms with Crippen LogP contribution in [-0.4, -0.2) is 39.8 Å². The fourth-order valence-electron chi connectivity index (χ4n) is 3.75. The maximum absolute atomic E-state index is 12.9. The van der Waals surface area contributed by atoms with Gasteiger partial charge in [-0.15, -0.1) is 0 Å². The van der Waals surface area contributed by atoms with Gasteiger partial charge in [-0.3, -0.25) is 9.59 Å². The number of piperidine rings is 1. The second kappa shape index (κ2) is 8.62. The third kappa shape index (κ3) is 4.91. The predicted octanol–water partition coefficient (Wildman–Crippen LogP) is 3.79. The monoisotopic (exact) mass is 411 g/mol. The molecule has 2 heterocycles. The van der Waals surface area contributed by atoms with Gasteiger partial charge in [-0.1, -0.05) is 32.9 Å². The van der Waals surface area contributed by atoms with Crippen molar-refractivity contribution >= 4 is 5.91 Å². The molecule has 1 atom stereocenters. The van der Waals surface area contributed by atoms with E-state index in [9.17, 15) is 9.59 Å². The second-order valence-electron chi connectivity index (χ2n) is 9.34. The Bertz CT molecular complexity index is 966. The van der Waals surface area contributed by atoms with Gasteiger partial charge in [0.1, 0.15) is 5.75 Å². The number of nitrogens with zero attached hydrogens (tertiary/aromatic N) is 3. The summed E-state index contributed by atoms with van der Waals surface area (Å²) in [5.41, 5.74) is 2.82. The van der Waals surface area contributed by atoms with E-state index in [-0.39, 0.29) is 22.9 Å². The Morgan fingerprint density at radius 3 is 2.43 bits per heavy atom. The van der Waals surface area contributed by atoms with Crippen molar-refractivity contribution in [2.75, 3.05) is 13.1 Å². The van der Waals surface area contributed by atoms with Crippen molar-refractivity contribution in [3.05, 3.63) is 57.5 Å². The molecule has 1 aromatic heterocycles. The van der Waals surface area contributed by atoms with Crippen molar-refractivity contribution in [1.29, 1.82) is 0 Å². The van der Waals surface area contributed by atoms with Crippen LogP contribution < -0.4 is 10.3 Å². The molecule has 6 nitrogen and oxygen atoms in total. The summed E-state index contributed by atoms with van der Waals surface area (Å²) in [5.74, 6) is 0.735. The zero-order valence-electron chi connectivity index (χ0n) is 18.9. The summed E-state index contributed by atoms with van der Waals surface area (Å²) in [6.45, 7) is 13.2. The number of aromatic nitrogens is 2. The van der Waals surface area contributed by atoms with E-state index in [4.69, 9.17) is 4.74 Å². The zero-order chi connectivity index (χ0) is 22.1. The van der Waals surface area contributed by atoms with Gasteiger partial charge in [0.15, 0.2) is 6.10 Å². The van der Waals surface area contributed by atoms with Gasteiger partial charge in [-0.25, -0.2) is 4.68 Å². The Kier molecular flexibility index (Phi) is 6.34. The van der Waals surface area contributed by atoms with Crippen molar-refractivity contribution in [3.63, 3.8) is 0 Å². The van der Waals surface area contributed by atoms with Crippen LogP contribution in [0.3, 0.4) is 0 Å². The molecule has 1 saturated heterocycles. The fraction of sp³-hybridized carbons (Fsp3) is 0.542. The zero-order valence-corrected chi connectivity index (χ0v) is 18.9. The largest absolute Gasteiger partial charge is 0.481 e. The lowest BCUT2D eigenvalue weighted by atomic mass is 9.92. The molecule has 0 N–H and O–H groups in total. The van der Waals surface area contributed by atoms with Crippen LogP contribution in [0, 0.1) is 13.8 Å². The number of hydrogen-bond donors (Lipinski definition) is 0. The van der Waals surface area contributed by atoms with E-state index in [1.54, 1.807) is 17.7 Å². The molecule has 0 radical (unpaired) electrons. The summed E-state index contributed by atoms with van der Waals surface area (Å²) < 4.78 is 7.58. The van der Waals surface area contributed by atoms with Gasteiger partial charge in [-0.2, -0.15) is 5.10 Å². The number of carbonyl (C=O) groups is 1. The fourth-order valence-corrected chi connectivity index (χ4v) is 3.75. The van der Waals surface area contributed by atoms with Crippen LogP contribution in [0.4, 0.5) is 0 Å². The number of hydrogen-bond acceptors (Lipinski definition) is 4. The van der Waals surface area contributed by atoms with Gasteiger partial charge in [0, 0.05) is 24.6 Å². The van der Waals surface area contributed by atoms with Crippen LogP contribution in [0.2, 0.25) is 0 Å². The van der Waals surface area contributed by atoms with Crippen molar-refractivity contribution < 1.29 is 9.53 Å². The van der Waals surface area contributed by atoms with Gasteiger partial charge in [0.25, 0.3) is 11.5 Å². The van der Waals surface area contributed by atoms with Crippen LogP contribution in [0.15, 0.2) is 35.1 Å². The lowest BCUT2D eigenvalue weighted by Crippen LogP contribution is -2.46. The van der Waals surface area contributed by atoms with E-state index >= 15 is 0 Å².